The van der Waals surface area contributed by atoms with Gasteiger partial charge in [-0.15, -0.1) is 0 Å². The van der Waals surface area contributed by atoms with Gasteiger partial charge >= 0.3 is 0 Å². The Bertz CT molecular complexity index is 673. The van der Waals surface area contributed by atoms with E-state index in [1.165, 1.54) is 0 Å². The first-order valence-corrected chi connectivity index (χ1v) is 6.09. The van der Waals surface area contributed by atoms with Crippen LogP contribution in [0.3, 0.4) is 0 Å². The lowest BCUT2D eigenvalue weighted by molar-refractivity contribution is 0.0947. The van der Waals surface area contributed by atoms with Crippen molar-refractivity contribution in [3.63, 3.8) is 0 Å². The molecule has 0 fully saturated rings. The van der Waals surface area contributed by atoms with Gasteiger partial charge in [0, 0.05) is 5.56 Å². The number of hydrazine groups is 1. The molecule has 7 nitrogen and oxygen atoms in total. The summed E-state index contributed by atoms with van der Waals surface area (Å²) < 4.78 is 5.52. The number of amides is 2. The lowest BCUT2D eigenvalue weighted by atomic mass is 10.2. The zero-order valence-electron chi connectivity index (χ0n) is 11.1. The summed E-state index contributed by atoms with van der Waals surface area (Å²) in [4.78, 5) is 26.6. The van der Waals surface area contributed by atoms with Crippen molar-refractivity contribution in [2.45, 2.75) is 6.61 Å². The van der Waals surface area contributed by atoms with E-state index in [4.69, 9.17) is 16.3 Å². The Morgan fingerprint density at radius 2 is 1.95 bits per heavy atom. The summed E-state index contributed by atoms with van der Waals surface area (Å²) in [5.74, 6) is 4.53. The number of nitrogen functional groups attached to an aromatic ring is 1. The number of carbonyl (C=O) groups excluding carboxylic acids is 2. The number of hydrogen-bond acceptors (Lipinski definition) is 5. The van der Waals surface area contributed by atoms with Crippen molar-refractivity contribution in [1.82, 2.24) is 10.4 Å². The highest BCUT2D eigenvalue weighted by molar-refractivity contribution is 5.93. The molecule has 7 heteroatoms. The number of hydrogen-bond donors (Lipinski definition) is 3. The maximum Gasteiger partial charge on any atom is 0.283 e. The largest absolute Gasteiger partial charge is 0.487 e. The summed E-state index contributed by atoms with van der Waals surface area (Å²) in [6, 6.07) is 11.4. The predicted molar refractivity (Wildman–Crippen MR) is 75.2 cm³/mol. The number of aromatic nitrogens is 1. The number of rotatable bonds is 5. The highest BCUT2D eigenvalue weighted by atomic mass is 16.5. The maximum atomic E-state index is 11.4. The van der Waals surface area contributed by atoms with Crippen molar-refractivity contribution in [1.29, 1.82) is 0 Å². The number of nitrogens with zero attached hydrogens (tertiary/aromatic N) is 1. The average molecular weight is 286 g/mol. The molecule has 108 valence electrons. The molecule has 0 bridgehead atoms. The van der Waals surface area contributed by atoms with Crippen molar-refractivity contribution in [2.75, 3.05) is 0 Å². The first-order valence-electron chi connectivity index (χ1n) is 6.09. The third-order valence-electron chi connectivity index (χ3n) is 2.68. The fourth-order valence-corrected chi connectivity index (χ4v) is 1.66. The van der Waals surface area contributed by atoms with Gasteiger partial charge in [0.25, 0.3) is 5.91 Å². The molecule has 0 atom stereocenters. The molecule has 2 aromatic rings. The van der Waals surface area contributed by atoms with Gasteiger partial charge < -0.3 is 10.5 Å². The van der Waals surface area contributed by atoms with Crippen molar-refractivity contribution < 1.29 is 14.3 Å². The molecule has 1 heterocycles. The van der Waals surface area contributed by atoms with Crippen LogP contribution >= 0.6 is 0 Å². The monoisotopic (exact) mass is 286 g/mol. The zero-order chi connectivity index (χ0) is 15.2. The molecular weight excluding hydrogens is 272 g/mol. The van der Waals surface area contributed by atoms with Gasteiger partial charge in [0.05, 0.1) is 5.69 Å². The Kier molecular flexibility index (Phi) is 4.47. The standard InChI is InChI=1S/C14H14N4O3/c15-13(19)9-3-1-5-11(7-9)21-8-10-4-2-6-12(17-10)14(20)18-16/h1-7H,8,16H2,(H2,15,19)(H,18,20). The fraction of sp³-hybridized carbons (Fsp3) is 0.0714. The van der Waals surface area contributed by atoms with E-state index >= 15 is 0 Å². The minimum Gasteiger partial charge on any atom is -0.487 e. The Balaban J connectivity index is 2.08. The summed E-state index contributed by atoms with van der Waals surface area (Å²) >= 11 is 0. The van der Waals surface area contributed by atoms with E-state index in [9.17, 15) is 9.59 Å². The van der Waals surface area contributed by atoms with Gasteiger partial charge in [-0.3, -0.25) is 15.0 Å². The van der Waals surface area contributed by atoms with E-state index < -0.39 is 11.8 Å². The molecular formula is C14H14N4O3. The summed E-state index contributed by atoms with van der Waals surface area (Å²) in [5, 5.41) is 0. The molecule has 5 N–H and O–H groups in total. The molecule has 0 saturated heterocycles. The highest BCUT2D eigenvalue weighted by Gasteiger charge is 2.07. The SMILES string of the molecule is NNC(=O)c1cccc(COc2cccc(C(N)=O)c2)n1. The number of nitrogens with two attached hydrogens (primary N) is 2. The van der Waals surface area contributed by atoms with E-state index in [0.717, 1.165) is 0 Å². The number of benzene rings is 1. The van der Waals surface area contributed by atoms with Gasteiger partial charge in [0.2, 0.25) is 5.91 Å². The van der Waals surface area contributed by atoms with Crippen LogP contribution in [0, 0.1) is 0 Å². The number of nitrogens with one attached hydrogen (secondary N) is 1. The van der Waals surface area contributed by atoms with Crippen molar-refractivity contribution in [3.8, 4) is 5.75 Å². The molecule has 21 heavy (non-hydrogen) atoms. The quantitative estimate of drug-likeness (QED) is 0.416. The molecule has 0 saturated carbocycles. The highest BCUT2D eigenvalue weighted by Crippen LogP contribution is 2.14. The predicted octanol–water partition coefficient (Wildman–Crippen LogP) is 0.363. The zero-order valence-corrected chi connectivity index (χ0v) is 11.1. The van der Waals surface area contributed by atoms with Crippen LogP contribution in [-0.2, 0) is 6.61 Å². The second kappa shape index (κ2) is 6.49. The lowest BCUT2D eigenvalue weighted by Crippen LogP contribution is -2.30. The van der Waals surface area contributed by atoms with Crippen LogP contribution in [-0.4, -0.2) is 16.8 Å². The Labute approximate surface area is 120 Å². The first-order chi connectivity index (χ1) is 10.1. The van der Waals surface area contributed by atoms with Crippen LogP contribution in [0.15, 0.2) is 42.5 Å². The molecule has 2 amide bonds. The molecule has 0 radical (unpaired) electrons. The average Bonchev–Trinajstić information content (AvgIpc) is 2.52. The number of pyridine rings is 1. The molecule has 0 unspecified atom stereocenters. The van der Waals surface area contributed by atoms with Crippen molar-refractivity contribution >= 4 is 11.8 Å². The van der Waals surface area contributed by atoms with E-state index in [-0.39, 0.29) is 12.3 Å². The van der Waals surface area contributed by atoms with E-state index in [1.807, 2.05) is 5.43 Å². The smallest absolute Gasteiger partial charge is 0.283 e. The van der Waals surface area contributed by atoms with Gasteiger partial charge in [-0.2, -0.15) is 0 Å². The molecule has 0 aliphatic carbocycles. The van der Waals surface area contributed by atoms with Crippen LogP contribution in [0.1, 0.15) is 26.5 Å². The van der Waals surface area contributed by atoms with Crippen molar-refractivity contribution in [2.24, 2.45) is 11.6 Å². The number of primary amides is 1. The number of carbonyl (C=O) groups is 2. The molecule has 0 aliphatic rings. The fourth-order valence-electron chi connectivity index (χ4n) is 1.66. The normalized spacial score (nSPS) is 9.95. The molecule has 0 spiro atoms. The van der Waals surface area contributed by atoms with E-state index in [2.05, 4.69) is 4.98 Å². The third kappa shape index (κ3) is 3.77. The van der Waals surface area contributed by atoms with Gasteiger partial charge in [0.15, 0.2) is 0 Å². The second-order valence-electron chi connectivity index (χ2n) is 4.17. The first kappa shape index (κ1) is 14.5. The second-order valence-corrected chi connectivity index (χ2v) is 4.17. The Morgan fingerprint density at radius 3 is 2.67 bits per heavy atom. The Hall–Kier alpha value is -2.93. The van der Waals surface area contributed by atoms with Crippen LogP contribution in [0.4, 0.5) is 0 Å². The third-order valence-corrected chi connectivity index (χ3v) is 2.68. The lowest BCUT2D eigenvalue weighted by Gasteiger charge is -2.07. The van der Waals surface area contributed by atoms with Gasteiger partial charge in [-0.1, -0.05) is 12.1 Å². The molecule has 1 aromatic heterocycles. The maximum absolute atomic E-state index is 11.4. The van der Waals surface area contributed by atoms with Crippen molar-refractivity contribution in [3.05, 3.63) is 59.4 Å². The topological polar surface area (TPSA) is 120 Å². The van der Waals surface area contributed by atoms with Crippen LogP contribution in [0.5, 0.6) is 5.75 Å². The van der Waals surface area contributed by atoms with E-state index in [0.29, 0.717) is 17.0 Å². The van der Waals surface area contributed by atoms with Gasteiger partial charge in [0.1, 0.15) is 18.1 Å². The molecule has 1 aromatic carbocycles. The van der Waals surface area contributed by atoms with Gasteiger partial charge in [-0.05, 0) is 30.3 Å². The summed E-state index contributed by atoms with van der Waals surface area (Å²) in [6.07, 6.45) is 0. The summed E-state index contributed by atoms with van der Waals surface area (Å²) in [7, 11) is 0. The van der Waals surface area contributed by atoms with Crippen LogP contribution in [0.2, 0.25) is 0 Å². The Morgan fingerprint density at radius 1 is 1.19 bits per heavy atom. The molecule has 0 aliphatic heterocycles. The number of ether oxygens (including phenoxy) is 1. The summed E-state index contributed by atoms with van der Waals surface area (Å²) in [5.41, 5.74) is 8.32. The van der Waals surface area contributed by atoms with Crippen LogP contribution < -0.4 is 21.7 Å². The summed E-state index contributed by atoms with van der Waals surface area (Å²) in [6.45, 7) is 0.147. The van der Waals surface area contributed by atoms with Gasteiger partial charge in [-0.25, -0.2) is 10.8 Å². The molecule has 2 rings (SSSR count). The minimum absolute atomic E-state index is 0.147. The minimum atomic E-state index is -0.528. The van der Waals surface area contributed by atoms with Crippen LogP contribution in [0.25, 0.3) is 0 Å². The van der Waals surface area contributed by atoms with E-state index in [1.54, 1.807) is 42.5 Å².